The van der Waals surface area contributed by atoms with Crippen molar-refractivity contribution in [1.29, 1.82) is 0 Å². The van der Waals surface area contributed by atoms with Crippen LogP contribution in [-0.2, 0) is 32.5 Å². The maximum absolute atomic E-state index is 12.9. The van der Waals surface area contributed by atoms with Crippen molar-refractivity contribution in [3.63, 3.8) is 0 Å². The highest BCUT2D eigenvalue weighted by Gasteiger charge is 2.28. The maximum atomic E-state index is 12.9. The zero-order chi connectivity index (χ0) is 19.6. The van der Waals surface area contributed by atoms with Crippen molar-refractivity contribution in [2.24, 2.45) is 0 Å². The Morgan fingerprint density at radius 2 is 1.67 bits per heavy atom. The number of benzene rings is 2. The van der Waals surface area contributed by atoms with Crippen LogP contribution in [0.25, 0.3) is 0 Å². The minimum absolute atomic E-state index is 0.123. The highest BCUT2D eigenvalue weighted by atomic mass is 32.2. The van der Waals surface area contributed by atoms with Gasteiger partial charge in [0.05, 0.1) is 10.5 Å². The smallest absolute Gasteiger partial charge is 0.338 e. The number of hydrogen-bond acceptors (Lipinski definition) is 5. The van der Waals surface area contributed by atoms with E-state index >= 15 is 0 Å². The summed E-state index contributed by atoms with van der Waals surface area (Å²) >= 11 is 0. The van der Waals surface area contributed by atoms with E-state index in [4.69, 9.17) is 4.74 Å². The summed E-state index contributed by atoms with van der Waals surface area (Å²) in [6.07, 6.45) is -0.169. The van der Waals surface area contributed by atoms with Gasteiger partial charge >= 0.3 is 5.97 Å². The Bertz CT molecular complexity index is 966. The second-order valence-electron chi connectivity index (χ2n) is 6.54. The van der Waals surface area contributed by atoms with E-state index in [2.05, 4.69) is 0 Å². The van der Waals surface area contributed by atoms with Crippen molar-refractivity contribution in [3.05, 3.63) is 65.2 Å². The molecule has 0 aromatic heterocycles. The Morgan fingerprint density at radius 3 is 2.30 bits per heavy atom. The molecular formula is C20H21NO5S. The molecule has 2 aromatic rings. The van der Waals surface area contributed by atoms with Gasteiger partial charge < -0.3 is 4.74 Å². The lowest BCUT2D eigenvalue weighted by Gasteiger charge is -2.28. The van der Waals surface area contributed by atoms with E-state index in [9.17, 15) is 18.0 Å². The first kappa shape index (κ1) is 19.3. The Kier molecular flexibility index (Phi) is 5.43. The van der Waals surface area contributed by atoms with Crippen LogP contribution in [0, 0.1) is 0 Å². The predicted molar refractivity (Wildman–Crippen MR) is 99.7 cm³/mol. The monoisotopic (exact) mass is 387 g/mol. The third-order valence-corrected chi connectivity index (χ3v) is 6.54. The zero-order valence-corrected chi connectivity index (χ0v) is 16.0. The molecule has 27 heavy (non-hydrogen) atoms. The third-order valence-electron chi connectivity index (χ3n) is 4.68. The lowest BCUT2D eigenvalue weighted by atomic mass is 10.0. The van der Waals surface area contributed by atoms with Gasteiger partial charge in [-0.05, 0) is 55.7 Å². The number of sulfonamides is 1. The van der Waals surface area contributed by atoms with Gasteiger partial charge in [-0.3, -0.25) is 4.79 Å². The molecule has 0 spiro atoms. The van der Waals surface area contributed by atoms with Gasteiger partial charge in [-0.2, -0.15) is 4.31 Å². The number of carbonyl (C=O) groups is 2. The molecule has 7 heteroatoms. The number of hydrogen-bond donors (Lipinski definition) is 0. The van der Waals surface area contributed by atoms with E-state index < -0.39 is 22.1 Å². The molecular weight excluding hydrogens is 366 g/mol. The molecule has 1 aliphatic rings. The van der Waals surface area contributed by atoms with Crippen LogP contribution >= 0.6 is 0 Å². The number of nitrogens with zero attached hydrogens (tertiary/aromatic N) is 1. The summed E-state index contributed by atoms with van der Waals surface area (Å²) in [5.41, 5.74) is 2.37. The van der Waals surface area contributed by atoms with Crippen LogP contribution in [0.5, 0.6) is 0 Å². The second-order valence-corrected chi connectivity index (χ2v) is 8.48. The SMILES string of the molecule is CC(=O)[C@H](C)OC(=O)c1ccc(S(=O)(=O)N2CCc3ccccc3C2)cc1. The molecule has 0 unspecified atom stereocenters. The molecule has 0 aliphatic carbocycles. The van der Waals surface area contributed by atoms with Crippen LogP contribution in [0.4, 0.5) is 0 Å². The average molecular weight is 387 g/mol. The van der Waals surface area contributed by atoms with E-state index in [1.807, 2.05) is 24.3 Å². The average Bonchev–Trinajstić information content (AvgIpc) is 2.67. The number of fused-ring (bicyclic) bond motifs is 1. The molecule has 0 fully saturated rings. The van der Waals surface area contributed by atoms with Crippen molar-refractivity contribution in [3.8, 4) is 0 Å². The second kappa shape index (κ2) is 7.62. The Morgan fingerprint density at radius 1 is 1.04 bits per heavy atom. The summed E-state index contributed by atoms with van der Waals surface area (Å²) in [5, 5.41) is 0. The van der Waals surface area contributed by atoms with E-state index in [1.54, 1.807) is 0 Å². The summed E-state index contributed by atoms with van der Waals surface area (Å²) < 4.78 is 32.3. The van der Waals surface area contributed by atoms with Gasteiger partial charge in [0.25, 0.3) is 0 Å². The lowest BCUT2D eigenvalue weighted by Crippen LogP contribution is -2.35. The first-order valence-corrected chi connectivity index (χ1v) is 10.1. The fourth-order valence-electron chi connectivity index (χ4n) is 2.90. The Labute approximate surface area is 158 Å². The molecule has 0 amide bonds. The molecule has 0 saturated heterocycles. The van der Waals surface area contributed by atoms with Crippen LogP contribution in [-0.4, -0.2) is 37.1 Å². The van der Waals surface area contributed by atoms with Gasteiger partial charge in [0.1, 0.15) is 0 Å². The van der Waals surface area contributed by atoms with Gasteiger partial charge in [0.2, 0.25) is 10.0 Å². The van der Waals surface area contributed by atoms with E-state index in [1.165, 1.54) is 48.0 Å². The van der Waals surface area contributed by atoms with Crippen LogP contribution in [0.2, 0.25) is 0 Å². The first-order chi connectivity index (χ1) is 12.8. The van der Waals surface area contributed by atoms with Gasteiger partial charge in [-0.1, -0.05) is 24.3 Å². The Hall–Kier alpha value is -2.51. The number of carbonyl (C=O) groups excluding carboxylic acids is 2. The van der Waals surface area contributed by atoms with E-state index in [-0.39, 0.29) is 16.2 Å². The normalized spacial score (nSPS) is 15.6. The predicted octanol–water partition coefficient (Wildman–Crippen LogP) is 2.57. The molecule has 1 atom stereocenters. The summed E-state index contributed by atoms with van der Waals surface area (Å²) in [6, 6.07) is 13.4. The molecule has 0 bridgehead atoms. The summed E-state index contributed by atoms with van der Waals surface area (Å²) in [5.74, 6) is -0.915. The highest BCUT2D eigenvalue weighted by Crippen LogP contribution is 2.25. The van der Waals surface area contributed by atoms with Gasteiger partial charge in [0.15, 0.2) is 11.9 Å². The van der Waals surface area contributed by atoms with Gasteiger partial charge in [-0.15, -0.1) is 0 Å². The van der Waals surface area contributed by atoms with Gasteiger partial charge in [-0.25, -0.2) is 13.2 Å². The lowest BCUT2D eigenvalue weighted by molar-refractivity contribution is -0.124. The quantitative estimate of drug-likeness (QED) is 0.737. The molecule has 1 aliphatic heterocycles. The van der Waals surface area contributed by atoms with Crippen molar-refractivity contribution >= 4 is 21.8 Å². The van der Waals surface area contributed by atoms with Crippen molar-refractivity contribution in [1.82, 2.24) is 4.31 Å². The van der Waals surface area contributed by atoms with Crippen LogP contribution in [0.15, 0.2) is 53.4 Å². The van der Waals surface area contributed by atoms with Crippen LogP contribution < -0.4 is 0 Å². The summed E-state index contributed by atoms with van der Waals surface area (Å²) in [6.45, 7) is 3.58. The molecule has 0 N–H and O–H groups in total. The molecule has 1 heterocycles. The highest BCUT2D eigenvalue weighted by molar-refractivity contribution is 7.89. The molecule has 2 aromatic carbocycles. The molecule has 142 valence electrons. The topological polar surface area (TPSA) is 80.8 Å². The number of ketones is 1. The van der Waals surface area contributed by atoms with Crippen molar-refractivity contribution < 1.29 is 22.7 Å². The van der Waals surface area contributed by atoms with Gasteiger partial charge in [0, 0.05) is 13.1 Å². The minimum atomic E-state index is -3.66. The first-order valence-electron chi connectivity index (χ1n) is 8.67. The fourth-order valence-corrected chi connectivity index (χ4v) is 4.32. The van der Waals surface area contributed by atoms with E-state index in [0.29, 0.717) is 19.5 Å². The molecule has 0 saturated carbocycles. The summed E-state index contributed by atoms with van der Waals surface area (Å²) in [7, 11) is -3.66. The van der Waals surface area contributed by atoms with Crippen LogP contribution in [0.1, 0.15) is 35.3 Å². The molecule has 0 radical (unpaired) electrons. The molecule has 3 rings (SSSR count). The van der Waals surface area contributed by atoms with E-state index in [0.717, 1.165) is 5.56 Å². The minimum Gasteiger partial charge on any atom is -0.451 e. The standard InChI is InChI=1S/C20H21NO5S/c1-14(22)15(2)26-20(23)17-7-9-19(10-8-17)27(24,25)21-12-11-16-5-3-4-6-18(16)13-21/h3-10,15H,11-13H2,1-2H3/t15-/m0/s1. The summed E-state index contributed by atoms with van der Waals surface area (Å²) in [4.78, 5) is 23.3. The maximum Gasteiger partial charge on any atom is 0.338 e. The number of Topliss-reactive ketones (excluding diaryl/α,β-unsaturated/α-hetero) is 1. The fraction of sp³-hybridized carbons (Fsp3) is 0.300. The number of rotatable bonds is 5. The van der Waals surface area contributed by atoms with Crippen LogP contribution in [0.3, 0.4) is 0 Å². The van der Waals surface area contributed by atoms with Crippen molar-refractivity contribution in [2.45, 2.75) is 37.8 Å². The zero-order valence-electron chi connectivity index (χ0n) is 15.2. The largest absolute Gasteiger partial charge is 0.451 e. The third kappa shape index (κ3) is 4.09. The Balaban J connectivity index is 1.76. The molecule has 6 nitrogen and oxygen atoms in total. The number of esters is 1. The van der Waals surface area contributed by atoms with Crippen molar-refractivity contribution in [2.75, 3.05) is 6.54 Å². The number of ether oxygens (including phenoxy) is 1.